The van der Waals surface area contributed by atoms with Gasteiger partial charge in [-0.25, -0.2) is 0 Å². The molecular formula is C20H27NO3. The summed E-state index contributed by atoms with van der Waals surface area (Å²) < 4.78 is 10.8. The van der Waals surface area contributed by atoms with Crippen molar-refractivity contribution >= 4 is 0 Å². The van der Waals surface area contributed by atoms with Crippen molar-refractivity contribution in [3.05, 3.63) is 65.7 Å². The van der Waals surface area contributed by atoms with Crippen LogP contribution in [0.1, 0.15) is 24.1 Å². The molecule has 4 nitrogen and oxygen atoms in total. The third kappa shape index (κ3) is 5.64. The number of ether oxygens (including phenoxy) is 2. The van der Waals surface area contributed by atoms with Crippen LogP contribution in [0.25, 0.3) is 0 Å². The second kappa shape index (κ2) is 9.42. The first kappa shape index (κ1) is 18.5. The maximum Gasteiger partial charge on any atom is 0.118 e. The quantitative estimate of drug-likeness (QED) is 0.767. The van der Waals surface area contributed by atoms with E-state index in [4.69, 9.17) is 9.47 Å². The molecule has 2 aromatic carbocycles. The van der Waals surface area contributed by atoms with Gasteiger partial charge in [-0.1, -0.05) is 42.5 Å². The van der Waals surface area contributed by atoms with Crippen molar-refractivity contribution in [3.63, 3.8) is 0 Å². The van der Waals surface area contributed by atoms with Gasteiger partial charge >= 0.3 is 0 Å². The number of nitrogens with zero attached hydrogens (tertiary/aromatic N) is 1. The monoisotopic (exact) mass is 329 g/mol. The summed E-state index contributed by atoms with van der Waals surface area (Å²) in [5, 5.41) is 10.2. The van der Waals surface area contributed by atoms with Gasteiger partial charge in [-0.05, 0) is 37.2 Å². The van der Waals surface area contributed by atoms with Crippen LogP contribution in [-0.2, 0) is 11.3 Å². The largest absolute Gasteiger partial charge is 0.497 e. The van der Waals surface area contributed by atoms with E-state index in [0.29, 0.717) is 19.8 Å². The Hall–Kier alpha value is -1.88. The van der Waals surface area contributed by atoms with E-state index in [1.54, 1.807) is 7.11 Å². The predicted molar refractivity (Wildman–Crippen MR) is 96.1 cm³/mol. The van der Waals surface area contributed by atoms with Crippen molar-refractivity contribution in [1.82, 2.24) is 4.90 Å². The Morgan fingerprint density at radius 1 is 1.04 bits per heavy atom. The lowest BCUT2D eigenvalue weighted by atomic mass is 10.1. The second-order valence-electron chi connectivity index (χ2n) is 6.04. The molecule has 0 unspecified atom stereocenters. The lowest BCUT2D eigenvalue weighted by Gasteiger charge is -2.27. The third-order valence-electron chi connectivity index (χ3n) is 4.18. The topological polar surface area (TPSA) is 41.9 Å². The minimum atomic E-state index is -0.514. The van der Waals surface area contributed by atoms with E-state index in [-0.39, 0.29) is 6.04 Å². The maximum atomic E-state index is 10.2. The molecule has 2 atom stereocenters. The highest BCUT2D eigenvalue weighted by Gasteiger charge is 2.15. The summed E-state index contributed by atoms with van der Waals surface area (Å²) in [4.78, 5) is 2.14. The molecular weight excluding hydrogens is 302 g/mol. The lowest BCUT2D eigenvalue weighted by molar-refractivity contribution is 0.00852. The highest BCUT2D eigenvalue weighted by Crippen LogP contribution is 2.18. The first-order valence-electron chi connectivity index (χ1n) is 8.24. The fourth-order valence-electron chi connectivity index (χ4n) is 2.56. The van der Waals surface area contributed by atoms with Crippen molar-refractivity contribution in [2.75, 3.05) is 27.3 Å². The van der Waals surface area contributed by atoms with Gasteiger partial charge in [0.05, 0.1) is 26.4 Å². The number of aliphatic hydroxyl groups excluding tert-OH is 1. The Kier molecular flexibility index (Phi) is 7.25. The SMILES string of the molecule is COc1ccc(COC[C@@H](O)CN(C)[C@H](C)c2ccccc2)cc1. The second-order valence-corrected chi connectivity index (χ2v) is 6.04. The molecule has 0 fully saturated rings. The molecule has 2 rings (SSSR count). The van der Waals surface area contributed by atoms with Gasteiger partial charge < -0.3 is 14.6 Å². The van der Waals surface area contributed by atoms with Crippen LogP contribution >= 0.6 is 0 Å². The summed E-state index contributed by atoms with van der Waals surface area (Å²) in [5.74, 6) is 0.829. The summed E-state index contributed by atoms with van der Waals surface area (Å²) >= 11 is 0. The van der Waals surface area contributed by atoms with Gasteiger partial charge in [0.15, 0.2) is 0 Å². The molecule has 0 radical (unpaired) electrons. The Bertz CT molecular complexity index is 586. The number of aliphatic hydroxyl groups is 1. The Morgan fingerprint density at radius 3 is 2.33 bits per heavy atom. The minimum Gasteiger partial charge on any atom is -0.497 e. The van der Waals surface area contributed by atoms with Crippen molar-refractivity contribution in [3.8, 4) is 5.75 Å². The zero-order valence-corrected chi connectivity index (χ0v) is 14.7. The molecule has 0 saturated carbocycles. The van der Waals surface area contributed by atoms with Gasteiger partial charge in [0, 0.05) is 12.6 Å². The highest BCUT2D eigenvalue weighted by molar-refractivity contribution is 5.26. The fraction of sp³-hybridized carbons (Fsp3) is 0.400. The van der Waals surface area contributed by atoms with Crippen LogP contribution in [0.3, 0.4) is 0 Å². The Labute approximate surface area is 144 Å². The summed E-state index contributed by atoms with van der Waals surface area (Å²) in [6.07, 6.45) is -0.514. The molecule has 1 N–H and O–H groups in total. The summed E-state index contributed by atoms with van der Waals surface area (Å²) in [7, 11) is 3.67. The molecule has 0 aromatic heterocycles. The Balaban J connectivity index is 1.73. The van der Waals surface area contributed by atoms with Crippen LogP contribution in [0.15, 0.2) is 54.6 Å². The molecule has 0 aliphatic heterocycles. The van der Waals surface area contributed by atoms with Gasteiger partial charge in [0.2, 0.25) is 0 Å². The molecule has 0 amide bonds. The average Bonchev–Trinajstić information content (AvgIpc) is 2.62. The molecule has 4 heteroatoms. The molecule has 0 aliphatic rings. The molecule has 0 aliphatic carbocycles. The molecule has 130 valence electrons. The number of likely N-dealkylation sites (N-methyl/N-ethyl adjacent to an activating group) is 1. The van der Waals surface area contributed by atoms with Crippen molar-refractivity contribution in [2.24, 2.45) is 0 Å². The van der Waals surface area contributed by atoms with E-state index < -0.39 is 6.10 Å². The van der Waals surface area contributed by atoms with E-state index >= 15 is 0 Å². The standard InChI is InChI=1S/C20H27NO3/c1-16(18-7-5-4-6-8-18)21(2)13-19(22)15-24-14-17-9-11-20(23-3)12-10-17/h4-12,16,19,22H,13-15H2,1-3H3/t16-,19+/m1/s1. The van der Waals surface area contributed by atoms with Crippen LogP contribution in [0.5, 0.6) is 5.75 Å². The minimum absolute atomic E-state index is 0.252. The van der Waals surface area contributed by atoms with Gasteiger partial charge in [0.25, 0.3) is 0 Å². The number of methoxy groups -OCH3 is 1. The molecule has 0 heterocycles. The van der Waals surface area contributed by atoms with E-state index in [1.807, 2.05) is 49.5 Å². The number of rotatable bonds is 9. The van der Waals surface area contributed by atoms with Gasteiger partial charge in [-0.3, -0.25) is 4.90 Å². The van der Waals surface area contributed by atoms with Crippen LogP contribution < -0.4 is 4.74 Å². The van der Waals surface area contributed by atoms with Crippen LogP contribution in [0.4, 0.5) is 0 Å². The van der Waals surface area contributed by atoms with E-state index in [9.17, 15) is 5.11 Å². The summed E-state index contributed by atoms with van der Waals surface area (Å²) in [6, 6.07) is 18.3. The molecule has 24 heavy (non-hydrogen) atoms. The zero-order valence-electron chi connectivity index (χ0n) is 14.7. The maximum absolute atomic E-state index is 10.2. The van der Waals surface area contributed by atoms with Crippen molar-refractivity contribution in [2.45, 2.75) is 25.7 Å². The highest BCUT2D eigenvalue weighted by atomic mass is 16.5. The molecule has 0 spiro atoms. The van der Waals surface area contributed by atoms with E-state index in [2.05, 4.69) is 24.0 Å². The predicted octanol–water partition coefficient (Wildman–Crippen LogP) is 3.27. The van der Waals surface area contributed by atoms with Crippen LogP contribution in [0.2, 0.25) is 0 Å². The van der Waals surface area contributed by atoms with Crippen molar-refractivity contribution in [1.29, 1.82) is 0 Å². The van der Waals surface area contributed by atoms with Gasteiger partial charge in [0.1, 0.15) is 5.75 Å². The molecule has 2 aromatic rings. The van der Waals surface area contributed by atoms with Crippen LogP contribution in [-0.4, -0.2) is 43.4 Å². The van der Waals surface area contributed by atoms with Crippen molar-refractivity contribution < 1.29 is 14.6 Å². The zero-order chi connectivity index (χ0) is 17.4. The number of hydrogen-bond donors (Lipinski definition) is 1. The number of hydrogen-bond acceptors (Lipinski definition) is 4. The van der Waals surface area contributed by atoms with Crippen LogP contribution in [0, 0.1) is 0 Å². The van der Waals surface area contributed by atoms with Gasteiger partial charge in [-0.2, -0.15) is 0 Å². The third-order valence-corrected chi connectivity index (χ3v) is 4.18. The summed E-state index contributed by atoms with van der Waals surface area (Å²) in [5.41, 5.74) is 2.31. The first-order chi connectivity index (χ1) is 11.6. The smallest absolute Gasteiger partial charge is 0.118 e. The lowest BCUT2D eigenvalue weighted by Crippen LogP contribution is -2.33. The molecule has 0 bridgehead atoms. The first-order valence-corrected chi connectivity index (χ1v) is 8.24. The van der Waals surface area contributed by atoms with Gasteiger partial charge in [-0.15, -0.1) is 0 Å². The Morgan fingerprint density at radius 2 is 1.71 bits per heavy atom. The molecule has 0 saturated heterocycles. The average molecular weight is 329 g/mol. The fourth-order valence-corrected chi connectivity index (χ4v) is 2.56. The summed E-state index contributed by atoms with van der Waals surface area (Å²) in [6.45, 7) is 3.51. The van der Waals surface area contributed by atoms with E-state index in [0.717, 1.165) is 11.3 Å². The number of benzene rings is 2. The normalized spacial score (nSPS) is 13.7. The van der Waals surface area contributed by atoms with E-state index in [1.165, 1.54) is 5.56 Å².